The van der Waals surface area contributed by atoms with Crippen LogP contribution in [0, 0.1) is 11.3 Å². The lowest BCUT2D eigenvalue weighted by Gasteiger charge is -2.13. The number of hydrogen-bond acceptors (Lipinski definition) is 5. The lowest BCUT2D eigenvalue weighted by atomic mass is 10.00. The quantitative estimate of drug-likeness (QED) is 0.468. The Balaban J connectivity index is 0.000000335. The van der Waals surface area contributed by atoms with Crippen molar-refractivity contribution in [3.63, 3.8) is 0 Å². The molecule has 3 rings (SSSR count). The maximum atomic E-state index is 10.7. The van der Waals surface area contributed by atoms with E-state index in [1.807, 2.05) is 43.4 Å². The smallest absolute Gasteiger partial charge is 0.341 e. The van der Waals surface area contributed by atoms with Crippen molar-refractivity contribution in [3.05, 3.63) is 82.9 Å². The van der Waals surface area contributed by atoms with E-state index in [9.17, 15) is 4.79 Å². The minimum absolute atomic E-state index is 0.406. The average molecular weight is 441 g/mol. The molecule has 0 saturated carbocycles. The van der Waals surface area contributed by atoms with Gasteiger partial charge in [0.05, 0.1) is 11.6 Å². The van der Waals surface area contributed by atoms with Crippen LogP contribution in [-0.4, -0.2) is 24.7 Å². The molecule has 0 fully saturated rings. The van der Waals surface area contributed by atoms with Crippen LogP contribution in [0.1, 0.15) is 11.1 Å². The van der Waals surface area contributed by atoms with Crippen LogP contribution >= 0.6 is 24.2 Å². The van der Waals surface area contributed by atoms with Gasteiger partial charge in [-0.3, -0.25) is 0 Å². The van der Waals surface area contributed by atoms with Gasteiger partial charge in [-0.1, -0.05) is 35.9 Å². The van der Waals surface area contributed by atoms with Gasteiger partial charge in [-0.2, -0.15) is 5.26 Å². The third kappa shape index (κ3) is 7.45. The summed E-state index contributed by atoms with van der Waals surface area (Å²) in [6.45, 7) is 0.278. The van der Waals surface area contributed by atoms with E-state index in [0.29, 0.717) is 17.9 Å². The van der Waals surface area contributed by atoms with Crippen molar-refractivity contribution in [2.75, 3.05) is 13.7 Å². The molecule has 0 aliphatic rings. The Morgan fingerprint density at radius 3 is 2.53 bits per heavy atom. The Morgan fingerprint density at radius 1 is 1.17 bits per heavy atom. The monoisotopic (exact) mass is 440 g/mol. The van der Waals surface area contributed by atoms with Gasteiger partial charge in [-0.05, 0) is 60.6 Å². The molecule has 0 aliphatic carbocycles. The molecule has 3 aromatic rings. The second-order valence-electron chi connectivity index (χ2n) is 6.22. The van der Waals surface area contributed by atoms with Crippen LogP contribution in [0.25, 0.3) is 11.1 Å². The molecule has 0 saturated heterocycles. The Morgan fingerprint density at radius 2 is 1.93 bits per heavy atom. The highest BCUT2D eigenvalue weighted by Gasteiger charge is 2.10. The van der Waals surface area contributed by atoms with E-state index in [2.05, 4.69) is 24.0 Å². The predicted molar refractivity (Wildman–Crippen MR) is 121 cm³/mol. The van der Waals surface area contributed by atoms with Crippen molar-refractivity contribution in [1.82, 2.24) is 5.32 Å². The van der Waals surface area contributed by atoms with Gasteiger partial charge < -0.3 is 15.2 Å². The number of rotatable bonds is 6. The molecular weight excluding hydrogens is 420 g/mol. The lowest BCUT2D eigenvalue weighted by Crippen LogP contribution is -2.10. The number of ether oxygens (including phenoxy) is 1. The van der Waals surface area contributed by atoms with E-state index in [-0.39, 0.29) is 0 Å². The number of nitrogens with one attached hydrogen (secondary N) is 1. The molecule has 5 nitrogen and oxygen atoms in total. The summed E-state index contributed by atoms with van der Waals surface area (Å²) >= 11 is 9.67. The molecule has 0 aliphatic heterocycles. The van der Waals surface area contributed by atoms with Gasteiger partial charge in [0.2, 0.25) is 0 Å². The Labute approximate surface area is 186 Å². The summed E-state index contributed by atoms with van der Waals surface area (Å²) in [7, 11) is 1.85. The van der Waals surface area contributed by atoms with E-state index in [0.717, 1.165) is 26.6 Å². The number of carbonyl (C=O) groups is 1. The van der Waals surface area contributed by atoms with Crippen LogP contribution in [0.4, 0.5) is 0 Å². The van der Waals surface area contributed by atoms with Crippen LogP contribution in [0.3, 0.4) is 0 Å². The molecule has 0 spiro atoms. The standard InChI is InChI=1S/C17H16N2O3.C6H5ClS/c1-19-10-13-5-6-16(22-11-17(20)21)15(8-13)14-4-2-3-12(7-14)9-18;7-5-2-1-3-6(8)4-5/h2-8,19H,10-11H2,1H3,(H,20,21);1-4,8H. The van der Waals surface area contributed by atoms with E-state index >= 15 is 0 Å². The van der Waals surface area contributed by atoms with Crippen molar-refractivity contribution in [1.29, 1.82) is 5.26 Å². The maximum Gasteiger partial charge on any atom is 0.341 e. The molecule has 7 heteroatoms. The normalized spacial score (nSPS) is 9.80. The van der Waals surface area contributed by atoms with E-state index in [4.69, 9.17) is 26.7 Å². The van der Waals surface area contributed by atoms with Crippen molar-refractivity contribution in [2.45, 2.75) is 11.4 Å². The molecule has 2 N–H and O–H groups in total. The minimum Gasteiger partial charge on any atom is -0.481 e. The molecule has 0 bridgehead atoms. The fourth-order valence-electron chi connectivity index (χ4n) is 2.61. The molecule has 3 aromatic carbocycles. The molecule has 0 aromatic heterocycles. The zero-order valence-electron chi connectivity index (χ0n) is 16.3. The van der Waals surface area contributed by atoms with Gasteiger partial charge in [0.15, 0.2) is 6.61 Å². The summed E-state index contributed by atoms with van der Waals surface area (Å²) in [5, 5.41) is 21.6. The number of aliphatic carboxylic acids is 1. The minimum atomic E-state index is -1.03. The molecule has 0 amide bonds. The molecule has 0 atom stereocenters. The second-order valence-corrected chi connectivity index (χ2v) is 7.17. The van der Waals surface area contributed by atoms with E-state index in [1.165, 1.54) is 0 Å². The van der Waals surface area contributed by atoms with E-state index in [1.54, 1.807) is 30.3 Å². The molecule has 0 radical (unpaired) electrons. The number of thiol groups is 1. The van der Waals surface area contributed by atoms with Crippen LogP contribution in [0.5, 0.6) is 5.75 Å². The van der Waals surface area contributed by atoms with Crippen molar-refractivity contribution >= 4 is 30.2 Å². The van der Waals surface area contributed by atoms with Crippen LogP contribution in [0.2, 0.25) is 5.02 Å². The number of carboxylic acid groups (broad SMARTS) is 1. The van der Waals surface area contributed by atoms with Crippen LogP contribution in [0.15, 0.2) is 71.6 Å². The number of nitriles is 1. The number of halogens is 1. The van der Waals surface area contributed by atoms with Crippen LogP contribution in [-0.2, 0) is 11.3 Å². The van der Waals surface area contributed by atoms with Gasteiger partial charge in [0.25, 0.3) is 0 Å². The second kappa shape index (κ2) is 11.9. The Bertz CT molecular complexity index is 1030. The number of benzene rings is 3. The van der Waals surface area contributed by atoms with Gasteiger partial charge >= 0.3 is 5.97 Å². The zero-order chi connectivity index (χ0) is 21.9. The summed E-state index contributed by atoms with van der Waals surface area (Å²) in [6, 6.07) is 22.2. The number of hydrogen-bond donors (Lipinski definition) is 3. The fraction of sp³-hybridized carbons (Fsp3) is 0.130. The summed E-state index contributed by atoms with van der Waals surface area (Å²) in [4.78, 5) is 11.6. The topological polar surface area (TPSA) is 82.3 Å². The first-order chi connectivity index (χ1) is 14.4. The van der Waals surface area contributed by atoms with Crippen LogP contribution < -0.4 is 10.1 Å². The van der Waals surface area contributed by atoms with Crippen molar-refractivity contribution < 1.29 is 14.6 Å². The summed E-state index contributed by atoms with van der Waals surface area (Å²) < 4.78 is 5.36. The average Bonchev–Trinajstić information content (AvgIpc) is 2.73. The van der Waals surface area contributed by atoms with Crippen molar-refractivity contribution in [3.8, 4) is 22.9 Å². The highest BCUT2D eigenvalue weighted by atomic mass is 35.5. The number of carboxylic acids is 1. The molecule has 154 valence electrons. The van der Waals surface area contributed by atoms with Gasteiger partial charge in [0.1, 0.15) is 5.75 Å². The van der Waals surface area contributed by atoms with Gasteiger partial charge in [-0.15, -0.1) is 12.6 Å². The van der Waals surface area contributed by atoms with Gasteiger partial charge in [-0.25, -0.2) is 4.79 Å². The predicted octanol–water partition coefficient (Wildman–Crippen LogP) is 5.04. The highest BCUT2D eigenvalue weighted by molar-refractivity contribution is 7.80. The Kier molecular flexibility index (Phi) is 9.23. The molecule has 0 unspecified atom stereocenters. The highest BCUT2D eigenvalue weighted by Crippen LogP contribution is 2.31. The lowest BCUT2D eigenvalue weighted by molar-refractivity contribution is -0.139. The summed E-state index contributed by atoms with van der Waals surface area (Å²) in [5.74, 6) is -0.548. The maximum absolute atomic E-state index is 10.7. The first kappa shape index (κ1) is 23.3. The van der Waals surface area contributed by atoms with Crippen molar-refractivity contribution in [2.24, 2.45) is 0 Å². The molecule has 30 heavy (non-hydrogen) atoms. The SMILES string of the molecule is CNCc1ccc(OCC(=O)O)c(-c2cccc(C#N)c2)c1.Sc1cccc(Cl)c1. The first-order valence-electron chi connectivity index (χ1n) is 9.00. The Hall–Kier alpha value is -2.98. The third-order valence-electron chi connectivity index (χ3n) is 3.89. The first-order valence-corrected chi connectivity index (χ1v) is 9.82. The van der Waals surface area contributed by atoms with Gasteiger partial charge in [0, 0.05) is 22.0 Å². The summed E-state index contributed by atoms with van der Waals surface area (Å²) in [5.41, 5.74) is 3.17. The zero-order valence-corrected chi connectivity index (χ0v) is 18.0. The fourth-order valence-corrected chi connectivity index (χ4v) is 3.11. The van der Waals surface area contributed by atoms with E-state index < -0.39 is 12.6 Å². The molecular formula is C23H21ClN2O3S. The summed E-state index contributed by atoms with van der Waals surface area (Å²) in [6.07, 6.45) is 0. The third-order valence-corrected chi connectivity index (χ3v) is 4.40. The largest absolute Gasteiger partial charge is 0.481 e. The molecule has 0 heterocycles. The number of nitrogens with zero attached hydrogens (tertiary/aromatic N) is 1.